The van der Waals surface area contributed by atoms with Gasteiger partial charge in [-0.25, -0.2) is 4.39 Å². The van der Waals surface area contributed by atoms with Crippen molar-refractivity contribution >= 4 is 23.2 Å². The second-order valence-electron chi connectivity index (χ2n) is 4.77. The molecule has 1 aromatic carbocycles. The maximum Gasteiger partial charge on any atom is 0.128 e. The highest BCUT2D eigenvalue weighted by atomic mass is 35.5. The van der Waals surface area contributed by atoms with Gasteiger partial charge in [0.25, 0.3) is 0 Å². The second-order valence-corrected chi connectivity index (χ2v) is 5.59. The Morgan fingerprint density at radius 1 is 1.43 bits per heavy atom. The normalized spacial score (nSPS) is 12.7. The van der Waals surface area contributed by atoms with Crippen molar-refractivity contribution in [1.82, 2.24) is 15.2 Å². The van der Waals surface area contributed by atoms with Crippen LogP contribution < -0.4 is 11.3 Å². The molecule has 21 heavy (non-hydrogen) atoms. The van der Waals surface area contributed by atoms with Gasteiger partial charge in [-0.2, -0.15) is 5.10 Å². The van der Waals surface area contributed by atoms with Gasteiger partial charge in [-0.3, -0.25) is 16.0 Å². The van der Waals surface area contributed by atoms with E-state index in [2.05, 4.69) is 10.5 Å². The number of hydrogen-bond acceptors (Lipinski definition) is 3. The summed E-state index contributed by atoms with van der Waals surface area (Å²) < 4.78 is 15.7. The molecule has 1 atom stereocenters. The van der Waals surface area contributed by atoms with Crippen LogP contribution in [0.1, 0.15) is 29.9 Å². The van der Waals surface area contributed by atoms with Crippen LogP contribution in [-0.4, -0.2) is 9.78 Å². The summed E-state index contributed by atoms with van der Waals surface area (Å²) in [6.07, 6.45) is 1.15. The number of hydrogen-bond donors (Lipinski definition) is 2. The summed E-state index contributed by atoms with van der Waals surface area (Å²) in [5.41, 5.74) is 4.64. The summed E-state index contributed by atoms with van der Waals surface area (Å²) in [7, 11) is 1.81. The van der Waals surface area contributed by atoms with E-state index in [4.69, 9.17) is 29.0 Å². The fraction of sp³-hybridized carbons (Fsp3) is 0.357. The second kappa shape index (κ2) is 6.75. The van der Waals surface area contributed by atoms with E-state index in [9.17, 15) is 4.39 Å². The Hall–Kier alpha value is -1.14. The van der Waals surface area contributed by atoms with Gasteiger partial charge in [-0.05, 0) is 24.6 Å². The third-order valence-corrected chi connectivity index (χ3v) is 4.11. The minimum atomic E-state index is -0.443. The molecule has 0 aliphatic heterocycles. The SMILES string of the molecule is CCc1nn(C)c(CC(NN)c2cc(Cl)ccc2F)c1Cl. The van der Waals surface area contributed by atoms with Crippen molar-refractivity contribution in [2.75, 3.05) is 0 Å². The van der Waals surface area contributed by atoms with Crippen molar-refractivity contribution in [2.45, 2.75) is 25.8 Å². The number of hydrazine groups is 1. The predicted octanol–water partition coefficient (Wildman–Crippen LogP) is 3.18. The van der Waals surface area contributed by atoms with Crippen molar-refractivity contribution in [3.8, 4) is 0 Å². The number of nitrogens with two attached hydrogens (primary N) is 1. The van der Waals surface area contributed by atoms with E-state index in [1.807, 2.05) is 14.0 Å². The van der Waals surface area contributed by atoms with E-state index in [-0.39, 0.29) is 5.82 Å². The Morgan fingerprint density at radius 2 is 2.14 bits per heavy atom. The molecule has 2 rings (SSSR count). The number of rotatable bonds is 5. The quantitative estimate of drug-likeness (QED) is 0.654. The van der Waals surface area contributed by atoms with Crippen LogP contribution in [0.15, 0.2) is 18.2 Å². The van der Waals surface area contributed by atoms with Gasteiger partial charge in [-0.15, -0.1) is 0 Å². The van der Waals surface area contributed by atoms with Gasteiger partial charge >= 0.3 is 0 Å². The molecular weight excluding hydrogens is 314 g/mol. The molecule has 0 amide bonds. The first kappa shape index (κ1) is 16.2. The number of nitrogens with zero attached hydrogens (tertiary/aromatic N) is 2. The smallest absolute Gasteiger partial charge is 0.128 e. The van der Waals surface area contributed by atoms with E-state index in [0.29, 0.717) is 22.0 Å². The van der Waals surface area contributed by atoms with Crippen molar-refractivity contribution in [3.05, 3.63) is 51.0 Å². The van der Waals surface area contributed by atoms with E-state index in [1.54, 1.807) is 10.7 Å². The van der Waals surface area contributed by atoms with Crippen LogP contribution in [0, 0.1) is 5.82 Å². The number of halogens is 3. The molecule has 0 aliphatic rings. The van der Waals surface area contributed by atoms with Gasteiger partial charge in [-0.1, -0.05) is 30.1 Å². The number of nitrogens with one attached hydrogen (secondary N) is 1. The van der Waals surface area contributed by atoms with Gasteiger partial charge < -0.3 is 0 Å². The van der Waals surface area contributed by atoms with Crippen LogP contribution in [0.4, 0.5) is 4.39 Å². The van der Waals surface area contributed by atoms with Gasteiger partial charge in [0.1, 0.15) is 5.82 Å². The van der Waals surface area contributed by atoms with Crippen LogP contribution in [-0.2, 0) is 19.9 Å². The molecule has 4 nitrogen and oxygen atoms in total. The summed E-state index contributed by atoms with van der Waals surface area (Å²) >= 11 is 12.2. The largest absolute Gasteiger partial charge is 0.271 e. The molecule has 0 saturated carbocycles. The predicted molar refractivity (Wildman–Crippen MR) is 82.8 cm³/mol. The molecule has 0 fully saturated rings. The lowest BCUT2D eigenvalue weighted by atomic mass is 10.0. The van der Waals surface area contributed by atoms with Gasteiger partial charge in [0.15, 0.2) is 0 Å². The first-order valence-electron chi connectivity index (χ1n) is 6.59. The molecule has 0 saturated heterocycles. The molecule has 0 aliphatic carbocycles. The number of aryl methyl sites for hydroxylation is 2. The zero-order valence-corrected chi connectivity index (χ0v) is 13.3. The third kappa shape index (κ3) is 3.37. The average Bonchev–Trinajstić information content (AvgIpc) is 2.74. The first-order valence-corrected chi connectivity index (χ1v) is 7.34. The van der Waals surface area contributed by atoms with Crippen LogP contribution in [0.25, 0.3) is 0 Å². The molecule has 2 aromatic rings. The first-order chi connectivity index (χ1) is 9.97. The molecule has 0 bridgehead atoms. The molecule has 0 radical (unpaired) electrons. The van der Waals surface area contributed by atoms with E-state index < -0.39 is 6.04 Å². The lowest BCUT2D eigenvalue weighted by Crippen LogP contribution is -2.31. The molecule has 1 unspecified atom stereocenters. The topological polar surface area (TPSA) is 55.9 Å². The van der Waals surface area contributed by atoms with Crippen LogP contribution >= 0.6 is 23.2 Å². The van der Waals surface area contributed by atoms with Gasteiger partial charge in [0, 0.05) is 24.1 Å². The van der Waals surface area contributed by atoms with Crippen molar-refractivity contribution in [3.63, 3.8) is 0 Å². The van der Waals surface area contributed by atoms with Gasteiger partial charge in [0.2, 0.25) is 0 Å². The maximum atomic E-state index is 14.0. The molecule has 1 heterocycles. The van der Waals surface area contributed by atoms with Crippen molar-refractivity contribution in [2.24, 2.45) is 12.9 Å². The Morgan fingerprint density at radius 3 is 2.71 bits per heavy atom. The summed E-state index contributed by atoms with van der Waals surface area (Å²) in [4.78, 5) is 0. The monoisotopic (exact) mass is 330 g/mol. The van der Waals surface area contributed by atoms with Crippen molar-refractivity contribution in [1.29, 1.82) is 0 Å². The lowest BCUT2D eigenvalue weighted by Gasteiger charge is -2.17. The fourth-order valence-electron chi connectivity index (χ4n) is 2.28. The average molecular weight is 331 g/mol. The van der Waals surface area contributed by atoms with Crippen LogP contribution in [0.2, 0.25) is 10.0 Å². The van der Waals surface area contributed by atoms with E-state index in [0.717, 1.165) is 17.8 Å². The molecule has 3 N–H and O–H groups in total. The molecular formula is C14H17Cl2FN4. The Balaban J connectivity index is 2.36. The lowest BCUT2D eigenvalue weighted by molar-refractivity contribution is 0.497. The zero-order valence-electron chi connectivity index (χ0n) is 11.8. The van der Waals surface area contributed by atoms with Crippen LogP contribution in [0.5, 0.6) is 0 Å². The molecule has 0 spiro atoms. The van der Waals surface area contributed by atoms with E-state index >= 15 is 0 Å². The molecule has 7 heteroatoms. The number of benzene rings is 1. The summed E-state index contributed by atoms with van der Waals surface area (Å²) in [6.45, 7) is 1.98. The standard InChI is InChI=1S/C14H17Cl2FN4/c1-3-11-14(16)13(21(2)20-11)7-12(19-18)9-6-8(15)4-5-10(9)17/h4-6,12,19H,3,7,18H2,1-2H3. The molecule has 114 valence electrons. The minimum absolute atomic E-state index is 0.364. The van der Waals surface area contributed by atoms with Crippen LogP contribution in [0.3, 0.4) is 0 Å². The molecule has 1 aromatic heterocycles. The van der Waals surface area contributed by atoms with Crippen molar-refractivity contribution < 1.29 is 4.39 Å². The zero-order chi connectivity index (χ0) is 15.6. The summed E-state index contributed by atoms with van der Waals surface area (Å²) in [5.74, 6) is 5.21. The highest BCUT2D eigenvalue weighted by Gasteiger charge is 2.21. The Labute approximate surface area is 133 Å². The third-order valence-electron chi connectivity index (χ3n) is 3.44. The highest BCUT2D eigenvalue weighted by molar-refractivity contribution is 6.32. The minimum Gasteiger partial charge on any atom is -0.271 e. The Bertz CT molecular complexity index is 642. The fourth-order valence-corrected chi connectivity index (χ4v) is 2.83. The Kier molecular flexibility index (Phi) is 5.22. The maximum absolute atomic E-state index is 14.0. The van der Waals surface area contributed by atoms with Gasteiger partial charge in [0.05, 0.1) is 22.5 Å². The van der Waals surface area contributed by atoms with E-state index in [1.165, 1.54) is 12.1 Å². The summed E-state index contributed by atoms with van der Waals surface area (Å²) in [5, 5.41) is 5.40. The number of aromatic nitrogens is 2. The highest BCUT2D eigenvalue weighted by Crippen LogP contribution is 2.28. The summed E-state index contributed by atoms with van der Waals surface area (Å²) in [6, 6.07) is 3.94.